The predicted molar refractivity (Wildman–Crippen MR) is 77.4 cm³/mol. The molecule has 1 aromatic carbocycles. The highest BCUT2D eigenvalue weighted by Gasteiger charge is 2.13. The molecule has 5 nitrogen and oxygen atoms in total. The van der Waals surface area contributed by atoms with Crippen molar-refractivity contribution in [2.45, 2.75) is 18.7 Å². The summed E-state index contributed by atoms with van der Waals surface area (Å²) in [4.78, 5) is 2.25. The Bertz CT molecular complexity index is 733. The average molecular weight is 313 g/mol. The summed E-state index contributed by atoms with van der Waals surface area (Å²) in [7, 11) is -3.71. The van der Waals surface area contributed by atoms with Gasteiger partial charge in [-0.1, -0.05) is 11.6 Å². The second kappa shape index (κ2) is 5.68. The molecular formula is C13H13ClN2O3S. The Balaban J connectivity index is 2.18. The second-order valence-electron chi connectivity index (χ2n) is 4.16. The van der Waals surface area contributed by atoms with Crippen molar-refractivity contribution in [3.63, 3.8) is 0 Å². The van der Waals surface area contributed by atoms with E-state index in [-0.39, 0.29) is 4.90 Å². The van der Waals surface area contributed by atoms with Crippen molar-refractivity contribution in [3.05, 3.63) is 52.9 Å². The lowest BCUT2D eigenvalue weighted by Crippen LogP contribution is -2.19. The number of hydrazone groups is 1. The highest BCUT2D eigenvalue weighted by atomic mass is 35.5. The maximum Gasteiger partial charge on any atom is 0.276 e. The van der Waals surface area contributed by atoms with Gasteiger partial charge in [0.1, 0.15) is 17.2 Å². The molecule has 0 aliphatic carbocycles. The number of furan rings is 1. The Kier molecular flexibility index (Phi) is 4.15. The fourth-order valence-electron chi connectivity index (χ4n) is 1.48. The summed E-state index contributed by atoms with van der Waals surface area (Å²) in [5.41, 5.74) is 0.440. The van der Waals surface area contributed by atoms with Crippen LogP contribution in [0.3, 0.4) is 0 Å². The van der Waals surface area contributed by atoms with Crippen LogP contribution in [0.4, 0.5) is 0 Å². The van der Waals surface area contributed by atoms with E-state index in [1.165, 1.54) is 24.3 Å². The van der Waals surface area contributed by atoms with E-state index in [1.807, 2.05) is 0 Å². The Morgan fingerprint density at radius 3 is 2.40 bits per heavy atom. The number of halogens is 1. The molecule has 2 aromatic rings. The van der Waals surface area contributed by atoms with Crippen LogP contribution in [0.1, 0.15) is 18.4 Å². The number of hydrogen-bond donors (Lipinski definition) is 1. The van der Waals surface area contributed by atoms with Gasteiger partial charge in [-0.05, 0) is 50.2 Å². The summed E-state index contributed by atoms with van der Waals surface area (Å²) in [6.45, 7) is 3.46. The zero-order valence-electron chi connectivity index (χ0n) is 10.9. The lowest BCUT2D eigenvalue weighted by molar-refractivity contribution is 0.524. The van der Waals surface area contributed by atoms with Gasteiger partial charge >= 0.3 is 0 Å². The minimum absolute atomic E-state index is 0.0917. The van der Waals surface area contributed by atoms with Gasteiger partial charge in [-0.25, -0.2) is 0 Å². The molecule has 2 rings (SSSR count). The lowest BCUT2D eigenvalue weighted by atomic mass is 10.3. The van der Waals surface area contributed by atoms with E-state index in [4.69, 9.17) is 16.0 Å². The Morgan fingerprint density at radius 2 is 1.85 bits per heavy atom. The SMILES string of the molecule is CC(=NNS(=O)(=O)c1ccc(Cl)cc1)c1ccc(C)o1. The third-order valence-electron chi connectivity index (χ3n) is 2.55. The molecule has 1 heterocycles. The van der Waals surface area contributed by atoms with E-state index < -0.39 is 10.0 Å². The number of aryl methyl sites for hydroxylation is 1. The zero-order chi connectivity index (χ0) is 14.8. The summed E-state index contributed by atoms with van der Waals surface area (Å²) in [6, 6.07) is 9.33. The number of hydrogen-bond acceptors (Lipinski definition) is 4. The van der Waals surface area contributed by atoms with Gasteiger partial charge in [0.05, 0.1) is 4.90 Å². The maximum absolute atomic E-state index is 12.0. The number of benzene rings is 1. The highest BCUT2D eigenvalue weighted by molar-refractivity contribution is 7.89. The van der Waals surface area contributed by atoms with Crippen molar-refractivity contribution in [1.82, 2.24) is 4.83 Å². The first kappa shape index (κ1) is 14.6. The van der Waals surface area contributed by atoms with Crippen LogP contribution in [0.15, 0.2) is 50.8 Å². The first-order chi connectivity index (χ1) is 9.38. The van der Waals surface area contributed by atoms with Gasteiger partial charge < -0.3 is 4.42 Å². The van der Waals surface area contributed by atoms with Gasteiger partial charge in [-0.2, -0.15) is 18.4 Å². The molecule has 0 aliphatic heterocycles. The third-order valence-corrected chi connectivity index (χ3v) is 4.03. The minimum Gasteiger partial charge on any atom is -0.460 e. The standard InChI is InChI=1S/C13H13ClN2O3S/c1-9-3-8-13(19-9)10(2)15-16-20(17,18)12-6-4-11(14)5-7-12/h3-8,16H,1-2H3. The average Bonchev–Trinajstić information content (AvgIpc) is 2.83. The molecule has 0 saturated carbocycles. The molecule has 20 heavy (non-hydrogen) atoms. The first-order valence-electron chi connectivity index (χ1n) is 5.77. The molecular weight excluding hydrogens is 300 g/mol. The molecule has 0 saturated heterocycles. The van der Waals surface area contributed by atoms with Crippen molar-refractivity contribution in [2.75, 3.05) is 0 Å². The van der Waals surface area contributed by atoms with Gasteiger partial charge in [0.15, 0.2) is 0 Å². The van der Waals surface area contributed by atoms with Crippen molar-refractivity contribution >= 4 is 27.3 Å². The topological polar surface area (TPSA) is 71.7 Å². The van der Waals surface area contributed by atoms with Crippen LogP contribution in [0, 0.1) is 6.92 Å². The van der Waals surface area contributed by atoms with Crippen LogP contribution in [0.25, 0.3) is 0 Å². The highest BCUT2D eigenvalue weighted by Crippen LogP contribution is 2.14. The number of rotatable bonds is 4. The maximum atomic E-state index is 12.0. The molecule has 7 heteroatoms. The van der Waals surface area contributed by atoms with Crippen molar-refractivity contribution < 1.29 is 12.8 Å². The van der Waals surface area contributed by atoms with Crippen LogP contribution in [-0.4, -0.2) is 14.1 Å². The Labute approximate surface area is 122 Å². The van der Waals surface area contributed by atoms with Crippen LogP contribution in [0.2, 0.25) is 5.02 Å². The molecule has 1 aromatic heterocycles. The van der Waals surface area contributed by atoms with Gasteiger partial charge in [0.2, 0.25) is 0 Å². The zero-order valence-corrected chi connectivity index (χ0v) is 12.5. The monoisotopic (exact) mass is 312 g/mol. The molecule has 0 fully saturated rings. The van der Waals surface area contributed by atoms with Crippen LogP contribution >= 0.6 is 11.6 Å². The van der Waals surface area contributed by atoms with Crippen molar-refractivity contribution in [3.8, 4) is 0 Å². The molecule has 0 bridgehead atoms. The third kappa shape index (κ3) is 3.40. The lowest BCUT2D eigenvalue weighted by Gasteiger charge is -2.04. The molecule has 106 valence electrons. The molecule has 0 spiro atoms. The smallest absolute Gasteiger partial charge is 0.276 e. The van der Waals surface area contributed by atoms with Gasteiger partial charge in [-0.3, -0.25) is 0 Å². The van der Waals surface area contributed by atoms with E-state index in [2.05, 4.69) is 9.93 Å². The summed E-state index contributed by atoms with van der Waals surface area (Å²) < 4.78 is 29.3. The van der Waals surface area contributed by atoms with Crippen LogP contribution in [-0.2, 0) is 10.0 Å². The summed E-state index contributed by atoms with van der Waals surface area (Å²) in [5.74, 6) is 1.25. The van der Waals surface area contributed by atoms with Crippen LogP contribution in [0.5, 0.6) is 0 Å². The van der Waals surface area contributed by atoms with Gasteiger partial charge in [0, 0.05) is 5.02 Å². The van der Waals surface area contributed by atoms with Crippen molar-refractivity contribution in [1.29, 1.82) is 0 Å². The summed E-state index contributed by atoms with van der Waals surface area (Å²) >= 11 is 5.72. The number of nitrogens with one attached hydrogen (secondary N) is 1. The number of sulfonamides is 1. The van der Waals surface area contributed by atoms with E-state index >= 15 is 0 Å². The largest absolute Gasteiger partial charge is 0.460 e. The molecule has 0 radical (unpaired) electrons. The predicted octanol–water partition coefficient (Wildman–Crippen LogP) is 2.94. The fraction of sp³-hybridized carbons (Fsp3) is 0.154. The molecule has 0 atom stereocenters. The van der Waals surface area contributed by atoms with E-state index in [9.17, 15) is 8.42 Å². The summed E-state index contributed by atoms with van der Waals surface area (Å²) in [5, 5.41) is 4.30. The summed E-state index contributed by atoms with van der Waals surface area (Å²) in [6.07, 6.45) is 0. The fourth-order valence-corrected chi connectivity index (χ4v) is 2.46. The van der Waals surface area contributed by atoms with E-state index in [1.54, 1.807) is 26.0 Å². The van der Waals surface area contributed by atoms with E-state index in [0.29, 0.717) is 16.5 Å². The quantitative estimate of drug-likeness (QED) is 0.697. The second-order valence-corrected chi connectivity index (χ2v) is 6.25. The normalized spacial score (nSPS) is 12.4. The van der Waals surface area contributed by atoms with Crippen molar-refractivity contribution in [2.24, 2.45) is 5.10 Å². The van der Waals surface area contributed by atoms with Gasteiger partial charge in [-0.15, -0.1) is 0 Å². The Hall–Kier alpha value is -1.79. The first-order valence-corrected chi connectivity index (χ1v) is 7.63. The molecule has 0 aliphatic rings. The van der Waals surface area contributed by atoms with Gasteiger partial charge in [0.25, 0.3) is 10.0 Å². The molecule has 1 N–H and O–H groups in total. The molecule has 0 amide bonds. The minimum atomic E-state index is -3.71. The van der Waals surface area contributed by atoms with Crippen LogP contribution < -0.4 is 4.83 Å². The Morgan fingerprint density at radius 1 is 1.20 bits per heavy atom. The number of nitrogens with zero attached hydrogens (tertiary/aromatic N) is 1. The van der Waals surface area contributed by atoms with E-state index in [0.717, 1.165) is 5.76 Å². The molecule has 0 unspecified atom stereocenters.